The highest BCUT2D eigenvalue weighted by molar-refractivity contribution is 6.39. The van der Waals surface area contributed by atoms with Crippen LogP contribution >= 0.6 is 11.6 Å². The highest BCUT2D eigenvalue weighted by Crippen LogP contribution is 2.30. The van der Waals surface area contributed by atoms with Gasteiger partial charge in [-0.3, -0.25) is 14.9 Å². The first-order valence-corrected chi connectivity index (χ1v) is 8.67. The molecule has 1 N–H and O–H groups in total. The van der Waals surface area contributed by atoms with Gasteiger partial charge in [0.05, 0.1) is 12.8 Å². The molecular formula is C20H14ClN3O5. The number of nitriles is 1. The average molecular weight is 412 g/mol. The third-order valence-electron chi connectivity index (χ3n) is 3.96. The van der Waals surface area contributed by atoms with Crippen LogP contribution in [0.1, 0.15) is 5.56 Å². The highest BCUT2D eigenvalue weighted by atomic mass is 35.5. The fourth-order valence-electron chi connectivity index (χ4n) is 2.68. The highest BCUT2D eigenvalue weighted by Gasteiger charge is 2.36. The van der Waals surface area contributed by atoms with Crippen LogP contribution in [-0.2, 0) is 9.59 Å². The van der Waals surface area contributed by atoms with Crippen LogP contribution in [0.25, 0.3) is 6.08 Å². The maximum atomic E-state index is 12.9. The number of benzene rings is 2. The van der Waals surface area contributed by atoms with Gasteiger partial charge in [0.25, 0.3) is 11.8 Å². The van der Waals surface area contributed by atoms with Crippen molar-refractivity contribution in [2.75, 3.05) is 18.6 Å². The quantitative estimate of drug-likeness (QED) is 0.598. The monoisotopic (exact) mass is 411 g/mol. The van der Waals surface area contributed by atoms with E-state index in [9.17, 15) is 14.4 Å². The summed E-state index contributed by atoms with van der Waals surface area (Å²) in [4.78, 5) is 38.2. The molecule has 0 saturated carbocycles. The Morgan fingerprint density at radius 2 is 1.97 bits per heavy atom. The number of hydrogen-bond donors (Lipinski definition) is 1. The molecule has 1 heterocycles. The number of rotatable bonds is 5. The number of ether oxygens (including phenoxy) is 2. The van der Waals surface area contributed by atoms with Gasteiger partial charge in [0, 0.05) is 5.02 Å². The number of barbiturate groups is 1. The van der Waals surface area contributed by atoms with Crippen molar-refractivity contribution in [3.8, 4) is 17.6 Å². The summed E-state index contributed by atoms with van der Waals surface area (Å²) in [5.41, 5.74) is 0.457. The van der Waals surface area contributed by atoms with Crippen molar-refractivity contribution in [2.24, 2.45) is 0 Å². The number of imide groups is 2. The Bertz CT molecular complexity index is 1070. The zero-order valence-corrected chi connectivity index (χ0v) is 15.9. The molecule has 1 fully saturated rings. The minimum Gasteiger partial charge on any atom is -0.493 e. The molecule has 146 valence electrons. The molecule has 1 aliphatic heterocycles. The topological polar surface area (TPSA) is 109 Å². The standard InChI is InChI=1S/C20H14ClN3O5/c1-28-17-10-12(5-6-16(17)29-8-7-22)9-15-18(25)23-20(27)24(19(15)26)14-4-2-3-13(21)11-14/h2-6,9-11H,8H2,1H3,(H,23,25,27). The van der Waals surface area contributed by atoms with Gasteiger partial charge in [0.1, 0.15) is 11.6 Å². The number of nitrogens with one attached hydrogen (secondary N) is 1. The van der Waals surface area contributed by atoms with Gasteiger partial charge in [-0.1, -0.05) is 23.7 Å². The van der Waals surface area contributed by atoms with Crippen molar-refractivity contribution < 1.29 is 23.9 Å². The lowest BCUT2D eigenvalue weighted by molar-refractivity contribution is -0.122. The Morgan fingerprint density at radius 3 is 2.66 bits per heavy atom. The van der Waals surface area contributed by atoms with Crippen molar-refractivity contribution in [3.05, 3.63) is 58.6 Å². The molecule has 1 aliphatic rings. The molecule has 0 bridgehead atoms. The summed E-state index contributed by atoms with van der Waals surface area (Å²) in [5, 5.41) is 11.1. The number of carbonyl (C=O) groups is 3. The molecular weight excluding hydrogens is 398 g/mol. The number of amides is 4. The molecule has 0 unspecified atom stereocenters. The van der Waals surface area contributed by atoms with E-state index in [1.807, 2.05) is 6.07 Å². The number of hydrogen-bond acceptors (Lipinski definition) is 6. The number of carbonyl (C=O) groups excluding carboxylic acids is 3. The molecule has 0 spiro atoms. The molecule has 9 heteroatoms. The molecule has 29 heavy (non-hydrogen) atoms. The summed E-state index contributed by atoms with van der Waals surface area (Å²) in [6.45, 7) is -0.158. The van der Waals surface area contributed by atoms with Gasteiger partial charge in [-0.05, 0) is 42.0 Å². The van der Waals surface area contributed by atoms with Gasteiger partial charge in [0.15, 0.2) is 18.1 Å². The van der Waals surface area contributed by atoms with Crippen LogP contribution in [0.2, 0.25) is 5.02 Å². The first kappa shape index (κ1) is 19.9. The molecule has 0 aromatic heterocycles. The Hall–Kier alpha value is -3.83. The molecule has 4 amide bonds. The second-order valence-electron chi connectivity index (χ2n) is 5.79. The molecule has 2 aromatic rings. The van der Waals surface area contributed by atoms with E-state index < -0.39 is 17.8 Å². The van der Waals surface area contributed by atoms with Crippen LogP contribution in [0, 0.1) is 11.3 Å². The van der Waals surface area contributed by atoms with Gasteiger partial charge in [0.2, 0.25) is 0 Å². The van der Waals surface area contributed by atoms with E-state index in [0.29, 0.717) is 22.1 Å². The Balaban J connectivity index is 1.97. The summed E-state index contributed by atoms with van der Waals surface area (Å²) in [5.74, 6) is -0.945. The van der Waals surface area contributed by atoms with Crippen molar-refractivity contribution in [1.29, 1.82) is 5.26 Å². The zero-order chi connectivity index (χ0) is 21.0. The van der Waals surface area contributed by atoms with Crippen LogP contribution < -0.4 is 19.7 Å². The zero-order valence-electron chi connectivity index (χ0n) is 15.1. The number of halogens is 1. The molecule has 8 nitrogen and oxygen atoms in total. The fraction of sp³-hybridized carbons (Fsp3) is 0.100. The van der Waals surface area contributed by atoms with Gasteiger partial charge in [-0.25, -0.2) is 9.69 Å². The summed E-state index contributed by atoms with van der Waals surface area (Å²) in [6.07, 6.45) is 1.33. The van der Waals surface area contributed by atoms with Crippen LogP contribution in [0.5, 0.6) is 11.5 Å². The lowest BCUT2D eigenvalue weighted by Gasteiger charge is -2.26. The number of anilines is 1. The predicted octanol–water partition coefficient (Wildman–Crippen LogP) is 2.92. The smallest absolute Gasteiger partial charge is 0.335 e. The largest absolute Gasteiger partial charge is 0.493 e. The second kappa shape index (κ2) is 8.46. The Morgan fingerprint density at radius 1 is 1.17 bits per heavy atom. The number of urea groups is 1. The summed E-state index contributed by atoms with van der Waals surface area (Å²) in [7, 11) is 1.42. The minimum absolute atomic E-state index is 0.158. The van der Waals surface area contributed by atoms with Crippen molar-refractivity contribution in [1.82, 2.24) is 5.32 Å². The Labute approximate surface area is 170 Å². The Kier molecular flexibility index (Phi) is 5.81. The van der Waals surface area contributed by atoms with Gasteiger partial charge in [-0.15, -0.1) is 0 Å². The van der Waals surface area contributed by atoms with E-state index in [1.54, 1.807) is 30.3 Å². The molecule has 0 atom stereocenters. The van der Waals surface area contributed by atoms with Gasteiger partial charge >= 0.3 is 6.03 Å². The summed E-state index contributed by atoms with van der Waals surface area (Å²) in [6, 6.07) is 11.8. The lowest BCUT2D eigenvalue weighted by atomic mass is 10.1. The van der Waals surface area contributed by atoms with Gasteiger partial charge < -0.3 is 9.47 Å². The summed E-state index contributed by atoms with van der Waals surface area (Å²) < 4.78 is 10.5. The van der Waals surface area contributed by atoms with Gasteiger partial charge in [-0.2, -0.15) is 5.26 Å². The third kappa shape index (κ3) is 4.20. The van der Waals surface area contributed by atoms with E-state index in [1.165, 1.54) is 25.3 Å². The number of methoxy groups -OCH3 is 1. The maximum absolute atomic E-state index is 12.9. The van der Waals surface area contributed by atoms with Crippen LogP contribution in [0.15, 0.2) is 48.0 Å². The molecule has 2 aromatic carbocycles. The van der Waals surface area contributed by atoms with Crippen LogP contribution in [-0.4, -0.2) is 31.6 Å². The fourth-order valence-corrected chi connectivity index (χ4v) is 2.86. The van der Waals surface area contributed by atoms with Crippen molar-refractivity contribution >= 4 is 41.2 Å². The lowest BCUT2D eigenvalue weighted by Crippen LogP contribution is -2.54. The van der Waals surface area contributed by atoms with E-state index in [-0.39, 0.29) is 17.9 Å². The predicted molar refractivity (Wildman–Crippen MR) is 105 cm³/mol. The van der Waals surface area contributed by atoms with E-state index in [2.05, 4.69) is 5.32 Å². The maximum Gasteiger partial charge on any atom is 0.335 e. The number of nitrogens with zero attached hydrogens (tertiary/aromatic N) is 2. The SMILES string of the molecule is COc1cc(C=C2C(=O)NC(=O)N(c3cccc(Cl)c3)C2=O)ccc1OCC#N. The molecule has 0 radical (unpaired) electrons. The van der Waals surface area contributed by atoms with E-state index in [4.69, 9.17) is 26.3 Å². The minimum atomic E-state index is -0.864. The van der Waals surface area contributed by atoms with E-state index >= 15 is 0 Å². The first-order valence-electron chi connectivity index (χ1n) is 8.29. The first-order chi connectivity index (χ1) is 13.9. The third-order valence-corrected chi connectivity index (χ3v) is 4.19. The molecule has 0 aliphatic carbocycles. The summed E-state index contributed by atoms with van der Waals surface area (Å²) >= 11 is 5.94. The van der Waals surface area contributed by atoms with Crippen LogP contribution in [0.4, 0.5) is 10.5 Å². The molecule has 3 rings (SSSR count). The van der Waals surface area contributed by atoms with E-state index in [0.717, 1.165) is 4.90 Å². The average Bonchev–Trinajstić information content (AvgIpc) is 2.69. The molecule has 1 saturated heterocycles. The van der Waals surface area contributed by atoms with Crippen molar-refractivity contribution in [3.63, 3.8) is 0 Å². The van der Waals surface area contributed by atoms with Crippen molar-refractivity contribution in [2.45, 2.75) is 0 Å². The van der Waals surface area contributed by atoms with Crippen LogP contribution in [0.3, 0.4) is 0 Å². The normalized spacial score (nSPS) is 15.1. The second-order valence-corrected chi connectivity index (χ2v) is 6.23.